The lowest BCUT2D eigenvalue weighted by molar-refractivity contribution is -0.138. The van der Waals surface area contributed by atoms with Crippen LogP contribution in [0.1, 0.15) is 17.5 Å². The summed E-state index contributed by atoms with van der Waals surface area (Å²) in [6.45, 7) is 0.329. The van der Waals surface area contributed by atoms with E-state index in [1.807, 2.05) is 0 Å². The molecule has 9 heteroatoms. The minimum absolute atomic E-state index is 0.265. The fourth-order valence-corrected chi connectivity index (χ4v) is 3.21. The van der Waals surface area contributed by atoms with Crippen molar-refractivity contribution in [2.75, 3.05) is 0 Å². The molecule has 2 aromatic carbocycles. The third-order valence-corrected chi connectivity index (χ3v) is 4.76. The summed E-state index contributed by atoms with van der Waals surface area (Å²) >= 11 is 1.04. The number of nitrogens with zero attached hydrogens (tertiary/aromatic N) is 2. The van der Waals surface area contributed by atoms with E-state index in [2.05, 4.69) is 15.5 Å². The molecule has 0 aliphatic carbocycles. The van der Waals surface area contributed by atoms with Gasteiger partial charge in [0.1, 0.15) is 23.4 Å². The number of amidine groups is 1. The molecule has 3 rings (SSSR count). The van der Waals surface area contributed by atoms with Crippen LogP contribution in [0.3, 0.4) is 0 Å². The van der Waals surface area contributed by atoms with Crippen LogP contribution in [0.4, 0.5) is 4.39 Å². The Hall–Kier alpha value is -3.20. The van der Waals surface area contributed by atoms with E-state index in [0.29, 0.717) is 12.4 Å². The minimum Gasteiger partial charge on any atom is -0.489 e. The predicted molar refractivity (Wildman–Crippen MR) is 104 cm³/mol. The van der Waals surface area contributed by atoms with E-state index in [4.69, 9.17) is 9.84 Å². The molecular formula is C19H16FN3O4S. The van der Waals surface area contributed by atoms with Gasteiger partial charge in [-0.2, -0.15) is 5.10 Å². The van der Waals surface area contributed by atoms with Gasteiger partial charge in [0.25, 0.3) is 0 Å². The SMILES string of the molecule is O=C(O)C[C@H]1S/C(=N\N=C/c2ccc(OCc3ccc(F)cc3)cc2)NC1=O. The van der Waals surface area contributed by atoms with E-state index in [1.54, 1.807) is 36.4 Å². The highest BCUT2D eigenvalue weighted by Crippen LogP contribution is 2.22. The largest absolute Gasteiger partial charge is 0.489 e. The van der Waals surface area contributed by atoms with Gasteiger partial charge in [-0.3, -0.25) is 9.59 Å². The van der Waals surface area contributed by atoms with Crippen molar-refractivity contribution in [1.82, 2.24) is 5.32 Å². The quantitative estimate of drug-likeness (QED) is 0.549. The van der Waals surface area contributed by atoms with E-state index in [9.17, 15) is 14.0 Å². The molecule has 0 spiro atoms. The lowest BCUT2D eigenvalue weighted by Gasteiger charge is -2.06. The number of aliphatic carboxylic acids is 1. The first-order chi connectivity index (χ1) is 13.5. The van der Waals surface area contributed by atoms with Gasteiger partial charge >= 0.3 is 5.97 Å². The second kappa shape index (κ2) is 9.14. The van der Waals surface area contributed by atoms with Crippen LogP contribution in [0.2, 0.25) is 0 Å². The third-order valence-electron chi connectivity index (χ3n) is 3.69. The van der Waals surface area contributed by atoms with Crippen molar-refractivity contribution >= 4 is 35.0 Å². The maximum absolute atomic E-state index is 12.9. The summed E-state index contributed by atoms with van der Waals surface area (Å²) in [6, 6.07) is 13.2. The van der Waals surface area contributed by atoms with Crippen molar-refractivity contribution in [3.63, 3.8) is 0 Å². The summed E-state index contributed by atoms with van der Waals surface area (Å²) in [6.07, 6.45) is 1.24. The monoisotopic (exact) mass is 401 g/mol. The third kappa shape index (κ3) is 5.65. The van der Waals surface area contributed by atoms with Gasteiger partial charge in [-0.25, -0.2) is 4.39 Å². The Morgan fingerprint density at radius 2 is 1.93 bits per heavy atom. The van der Waals surface area contributed by atoms with Gasteiger partial charge in [0.15, 0.2) is 5.17 Å². The van der Waals surface area contributed by atoms with Crippen LogP contribution in [0, 0.1) is 5.82 Å². The zero-order valence-electron chi connectivity index (χ0n) is 14.5. The van der Waals surface area contributed by atoms with Crippen LogP contribution in [0.5, 0.6) is 5.75 Å². The Morgan fingerprint density at radius 1 is 1.21 bits per heavy atom. The van der Waals surface area contributed by atoms with Gasteiger partial charge in [-0.1, -0.05) is 23.9 Å². The van der Waals surface area contributed by atoms with E-state index >= 15 is 0 Å². The highest BCUT2D eigenvalue weighted by atomic mass is 32.2. The first-order valence-electron chi connectivity index (χ1n) is 8.27. The first-order valence-corrected chi connectivity index (χ1v) is 9.15. The van der Waals surface area contributed by atoms with Gasteiger partial charge in [0.2, 0.25) is 5.91 Å². The number of carbonyl (C=O) groups excluding carboxylic acids is 1. The molecule has 7 nitrogen and oxygen atoms in total. The molecule has 0 unspecified atom stereocenters. The van der Waals surface area contributed by atoms with Crippen molar-refractivity contribution in [3.05, 3.63) is 65.5 Å². The molecule has 1 heterocycles. The van der Waals surface area contributed by atoms with Gasteiger partial charge in [-0.05, 0) is 47.5 Å². The smallest absolute Gasteiger partial charge is 0.305 e. The molecule has 28 heavy (non-hydrogen) atoms. The van der Waals surface area contributed by atoms with Crippen LogP contribution in [-0.2, 0) is 16.2 Å². The normalized spacial score (nSPS) is 17.8. The molecule has 1 aliphatic rings. The summed E-state index contributed by atoms with van der Waals surface area (Å²) in [7, 11) is 0. The molecule has 2 N–H and O–H groups in total. The molecule has 0 bridgehead atoms. The number of benzene rings is 2. The molecule has 2 aromatic rings. The average Bonchev–Trinajstić information content (AvgIpc) is 3.01. The van der Waals surface area contributed by atoms with E-state index in [-0.39, 0.29) is 23.3 Å². The number of nitrogens with one attached hydrogen (secondary N) is 1. The van der Waals surface area contributed by atoms with E-state index in [1.165, 1.54) is 18.3 Å². The molecular weight excluding hydrogens is 385 g/mol. The Bertz CT molecular complexity index is 914. The first kappa shape index (κ1) is 19.6. The lowest BCUT2D eigenvalue weighted by Crippen LogP contribution is -2.26. The number of ether oxygens (including phenoxy) is 1. The van der Waals surface area contributed by atoms with Crippen LogP contribution in [-0.4, -0.2) is 33.6 Å². The molecule has 1 aliphatic heterocycles. The highest BCUT2D eigenvalue weighted by Gasteiger charge is 2.32. The Morgan fingerprint density at radius 3 is 2.61 bits per heavy atom. The van der Waals surface area contributed by atoms with Gasteiger partial charge in [0, 0.05) is 0 Å². The fourth-order valence-electron chi connectivity index (χ4n) is 2.29. The van der Waals surface area contributed by atoms with Crippen LogP contribution < -0.4 is 10.1 Å². The van der Waals surface area contributed by atoms with Crippen LogP contribution in [0.15, 0.2) is 58.7 Å². The Balaban J connectivity index is 1.52. The second-order valence-corrected chi connectivity index (χ2v) is 7.02. The van der Waals surface area contributed by atoms with Crippen molar-refractivity contribution in [1.29, 1.82) is 0 Å². The standard InChI is InChI=1S/C19H16FN3O4S/c20-14-5-1-13(2-6-14)11-27-15-7-3-12(4-8-15)10-21-23-19-22-18(26)16(28-19)9-17(24)25/h1-8,10,16H,9,11H2,(H,24,25)(H,22,23,26)/b21-10-/t16-/m1/s1. The minimum atomic E-state index is -1.04. The summed E-state index contributed by atoms with van der Waals surface area (Å²) < 4.78 is 18.5. The molecule has 0 radical (unpaired) electrons. The molecule has 1 amide bonds. The Kier molecular flexibility index (Phi) is 6.38. The number of rotatable bonds is 7. The molecule has 0 aromatic heterocycles. The van der Waals surface area contributed by atoms with Crippen LogP contribution in [0.25, 0.3) is 0 Å². The zero-order chi connectivity index (χ0) is 19.9. The van der Waals surface area contributed by atoms with Crippen LogP contribution >= 0.6 is 11.8 Å². The van der Waals surface area contributed by atoms with Crippen molar-refractivity contribution in [3.8, 4) is 5.75 Å². The number of thioether (sulfide) groups is 1. The number of hydrogen-bond donors (Lipinski definition) is 2. The second-order valence-electron chi connectivity index (χ2n) is 5.83. The number of amides is 1. The molecule has 0 saturated carbocycles. The van der Waals surface area contributed by atoms with E-state index in [0.717, 1.165) is 22.9 Å². The van der Waals surface area contributed by atoms with Crippen molar-refractivity contribution in [2.24, 2.45) is 10.2 Å². The topological polar surface area (TPSA) is 100 Å². The maximum Gasteiger partial charge on any atom is 0.305 e. The summed E-state index contributed by atoms with van der Waals surface area (Å²) in [5.41, 5.74) is 1.63. The van der Waals surface area contributed by atoms with E-state index < -0.39 is 11.2 Å². The molecule has 1 fully saturated rings. The molecule has 144 valence electrons. The Labute approximate surface area is 164 Å². The number of hydrogen-bond acceptors (Lipinski definition) is 6. The van der Waals surface area contributed by atoms with Gasteiger partial charge < -0.3 is 15.2 Å². The lowest BCUT2D eigenvalue weighted by atomic mass is 10.2. The summed E-state index contributed by atoms with van der Waals surface area (Å²) in [5, 5.41) is 18.6. The maximum atomic E-state index is 12.9. The number of halogens is 1. The fraction of sp³-hybridized carbons (Fsp3) is 0.158. The number of carbonyl (C=O) groups is 2. The van der Waals surface area contributed by atoms with Gasteiger partial charge in [-0.15, -0.1) is 5.10 Å². The number of carboxylic acid groups (broad SMARTS) is 1. The average molecular weight is 401 g/mol. The predicted octanol–water partition coefficient (Wildman–Crippen LogP) is 2.80. The highest BCUT2D eigenvalue weighted by molar-refractivity contribution is 8.15. The van der Waals surface area contributed by atoms with Gasteiger partial charge in [0.05, 0.1) is 12.6 Å². The molecule has 1 atom stereocenters. The summed E-state index contributed by atoms with van der Waals surface area (Å²) in [4.78, 5) is 22.3. The van der Waals surface area contributed by atoms with Crippen molar-refractivity contribution in [2.45, 2.75) is 18.3 Å². The zero-order valence-corrected chi connectivity index (χ0v) is 15.4. The summed E-state index contributed by atoms with van der Waals surface area (Å²) in [5.74, 6) is -1.06. The molecule has 1 saturated heterocycles. The van der Waals surface area contributed by atoms with Crippen molar-refractivity contribution < 1.29 is 23.8 Å². The number of carboxylic acids is 1.